The van der Waals surface area contributed by atoms with Crippen molar-refractivity contribution in [3.63, 3.8) is 0 Å². The number of hydrogen-bond acceptors (Lipinski definition) is 5. The number of nitrogens with one attached hydrogen (secondary N) is 2. The minimum absolute atomic E-state index is 0.0177. The lowest BCUT2D eigenvalue weighted by Gasteiger charge is -2.06. The predicted molar refractivity (Wildman–Crippen MR) is 84.6 cm³/mol. The molecule has 3 N–H and O–H groups in total. The lowest BCUT2D eigenvalue weighted by Crippen LogP contribution is -2.33. The molecule has 0 saturated carbocycles. The first-order chi connectivity index (χ1) is 11.5. The van der Waals surface area contributed by atoms with Crippen LogP contribution in [0.2, 0.25) is 0 Å². The van der Waals surface area contributed by atoms with E-state index in [1.807, 2.05) is 0 Å². The van der Waals surface area contributed by atoms with E-state index in [-0.39, 0.29) is 22.2 Å². The van der Waals surface area contributed by atoms with Crippen LogP contribution in [0.3, 0.4) is 0 Å². The lowest BCUT2D eigenvalue weighted by molar-refractivity contribution is 0.0697. The number of imidazole rings is 1. The molecule has 0 saturated heterocycles. The Kier molecular flexibility index (Phi) is 2.82. The van der Waals surface area contributed by atoms with Crippen molar-refractivity contribution in [2.45, 2.75) is 0 Å². The molecule has 0 radical (unpaired) electrons. The molecule has 0 unspecified atom stereocenters. The molecule has 9 nitrogen and oxygen atoms in total. The van der Waals surface area contributed by atoms with E-state index < -0.39 is 17.2 Å². The Hall–Kier alpha value is -3.75. The fourth-order valence-electron chi connectivity index (χ4n) is 2.53. The Labute approximate surface area is 132 Å². The van der Waals surface area contributed by atoms with Crippen LogP contribution in [0.5, 0.6) is 0 Å². The van der Waals surface area contributed by atoms with Gasteiger partial charge in [-0.15, -0.1) is 0 Å². The zero-order valence-electron chi connectivity index (χ0n) is 12.0. The van der Waals surface area contributed by atoms with E-state index in [1.165, 1.54) is 30.7 Å². The van der Waals surface area contributed by atoms with E-state index in [4.69, 9.17) is 5.11 Å². The third-order valence-corrected chi connectivity index (χ3v) is 3.66. The number of carboxylic acids is 1. The molecule has 4 rings (SSSR count). The average molecular weight is 323 g/mol. The zero-order chi connectivity index (χ0) is 16.8. The topological polar surface area (TPSA) is 134 Å². The van der Waals surface area contributed by atoms with Gasteiger partial charge in [0.2, 0.25) is 0 Å². The summed E-state index contributed by atoms with van der Waals surface area (Å²) in [7, 11) is 0. The molecular formula is C15H9N5O4. The van der Waals surface area contributed by atoms with Crippen molar-refractivity contribution in [3.8, 4) is 5.69 Å². The first kappa shape index (κ1) is 13.9. The highest BCUT2D eigenvalue weighted by atomic mass is 16.4. The zero-order valence-corrected chi connectivity index (χ0v) is 12.0. The van der Waals surface area contributed by atoms with Crippen LogP contribution in [0.1, 0.15) is 10.4 Å². The molecule has 0 aliphatic rings. The van der Waals surface area contributed by atoms with Gasteiger partial charge in [0, 0.05) is 0 Å². The smallest absolute Gasteiger partial charge is 0.335 e. The van der Waals surface area contributed by atoms with Gasteiger partial charge in [-0.2, -0.15) is 0 Å². The van der Waals surface area contributed by atoms with E-state index in [0.29, 0.717) is 11.2 Å². The third kappa shape index (κ3) is 1.99. The summed E-state index contributed by atoms with van der Waals surface area (Å²) in [5.41, 5.74) is 0.229. The first-order valence-corrected chi connectivity index (χ1v) is 6.86. The number of aromatic nitrogens is 5. The largest absolute Gasteiger partial charge is 0.478 e. The molecular weight excluding hydrogens is 314 g/mol. The molecule has 9 heteroatoms. The molecule has 3 heterocycles. The standard InChI is InChI=1S/C15H9N5O4/c21-13-9-2-1-7(14(22)23)3-10(9)19-15(24)20(13)8-4-11-12(16-5-8)18-6-17-11/h1-6H,(H,19,24)(H,22,23)(H,16,17,18). The van der Waals surface area contributed by atoms with Gasteiger partial charge >= 0.3 is 11.7 Å². The van der Waals surface area contributed by atoms with Crippen molar-refractivity contribution in [1.82, 2.24) is 24.5 Å². The maximum absolute atomic E-state index is 12.6. The molecule has 0 spiro atoms. The van der Waals surface area contributed by atoms with Crippen molar-refractivity contribution >= 4 is 28.0 Å². The summed E-state index contributed by atoms with van der Waals surface area (Å²) in [6, 6.07) is 5.52. The molecule has 0 amide bonds. The molecule has 0 bridgehead atoms. The van der Waals surface area contributed by atoms with Crippen LogP contribution in [-0.2, 0) is 0 Å². The third-order valence-electron chi connectivity index (χ3n) is 3.66. The number of fused-ring (bicyclic) bond motifs is 2. The molecule has 118 valence electrons. The molecule has 3 aromatic heterocycles. The molecule has 1 aromatic carbocycles. The highest BCUT2D eigenvalue weighted by Gasteiger charge is 2.13. The second-order valence-corrected chi connectivity index (χ2v) is 5.10. The van der Waals surface area contributed by atoms with Gasteiger partial charge < -0.3 is 15.1 Å². The van der Waals surface area contributed by atoms with Gasteiger partial charge in [0.15, 0.2) is 5.65 Å². The summed E-state index contributed by atoms with van der Waals surface area (Å²) in [6.45, 7) is 0. The second kappa shape index (κ2) is 4.88. The van der Waals surface area contributed by atoms with E-state index in [0.717, 1.165) is 4.57 Å². The lowest BCUT2D eigenvalue weighted by atomic mass is 10.1. The molecule has 0 aliphatic carbocycles. The maximum atomic E-state index is 12.6. The number of hydrogen-bond donors (Lipinski definition) is 3. The Morgan fingerprint density at radius 1 is 1.12 bits per heavy atom. The Bertz CT molecular complexity index is 1230. The van der Waals surface area contributed by atoms with Gasteiger partial charge in [0.05, 0.1) is 40.2 Å². The van der Waals surface area contributed by atoms with Crippen LogP contribution in [0, 0.1) is 0 Å². The van der Waals surface area contributed by atoms with Gasteiger partial charge in [0.1, 0.15) is 0 Å². The van der Waals surface area contributed by atoms with Crippen molar-refractivity contribution in [2.75, 3.05) is 0 Å². The number of carbonyl (C=O) groups is 1. The normalized spacial score (nSPS) is 11.2. The summed E-state index contributed by atoms with van der Waals surface area (Å²) >= 11 is 0. The number of rotatable bonds is 2. The number of nitrogens with zero attached hydrogens (tertiary/aromatic N) is 3. The fourth-order valence-corrected chi connectivity index (χ4v) is 2.53. The van der Waals surface area contributed by atoms with Crippen molar-refractivity contribution in [2.24, 2.45) is 0 Å². The number of aromatic carboxylic acids is 1. The maximum Gasteiger partial charge on any atom is 0.335 e. The summed E-state index contributed by atoms with van der Waals surface area (Å²) < 4.78 is 0.941. The Morgan fingerprint density at radius 3 is 2.75 bits per heavy atom. The predicted octanol–water partition coefficient (Wildman–Crippen LogP) is 0.648. The summed E-state index contributed by atoms with van der Waals surface area (Å²) in [4.78, 5) is 49.4. The molecule has 0 aliphatic heterocycles. The van der Waals surface area contributed by atoms with Crippen LogP contribution >= 0.6 is 0 Å². The number of benzene rings is 1. The summed E-state index contributed by atoms with van der Waals surface area (Å²) in [6.07, 6.45) is 2.83. The van der Waals surface area contributed by atoms with Gasteiger partial charge in [-0.3, -0.25) is 4.79 Å². The average Bonchev–Trinajstić information content (AvgIpc) is 3.02. The van der Waals surface area contributed by atoms with Gasteiger partial charge in [-0.1, -0.05) is 0 Å². The van der Waals surface area contributed by atoms with Crippen LogP contribution in [0.4, 0.5) is 0 Å². The van der Waals surface area contributed by atoms with E-state index >= 15 is 0 Å². The number of pyridine rings is 1. The van der Waals surface area contributed by atoms with Crippen molar-refractivity contribution in [3.05, 3.63) is 63.2 Å². The van der Waals surface area contributed by atoms with Gasteiger partial charge in [-0.05, 0) is 24.3 Å². The second-order valence-electron chi connectivity index (χ2n) is 5.10. The first-order valence-electron chi connectivity index (χ1n) is 6.86. The van der Waals surface area contributed by atoms with Crippen molar-refractivity contribution in [1.29, 1.82) is 0 Å². The SMILES string of the molecule is O=C(O)c1ccc2c(=O)n(-c3cnc4nc[nH]c4c3)c(=O)[nH]c2c1. The van der Waals surface area contributed by atoms with Crippen LogP contribution < -0.4 is 11.2 Å². The molecule has 0 atom stereocenters. The monoisotopic (exact) mass is 323 g/mol. The quantitative estimate of drug-likeness (QED) is 0.496. The molecule has 24 heavy (non-hydrogen) atoms. The Balaban J connectivity index is 2.02. The van der Waals surface area contributed by atoms with Gasteiger partial charge in [-0.25, -0.2) is 24.1 Å². The Morgan fingerprint density at radius 2 is 1.96 bits per heavy atom. The number of carboxylic acid groups (broad SMARTS) is 1. The van der Waals surface area contributed by atoms with Crippen LogP contribution in [0.15, 0.2) is 46.4 Å². The summed E-state index contributed by atoms with van der Waals surface area (Å²) in [5, 5.41) is 9.20. The van der Waals surface area contributed by atoms with Crippen LogP contribution in [-0.4, -0.2) is 35.6 Å². The number of aromatic amines is 2. The fraction of sp³-hybridized carbons (Fsp3) is 0. The highest BCUT2D eigenvalue weighted by molar-refractivity contribution is 5.92. The van der Waals surface area contributed by atoms with Gasteiger partial charge in [0.25, 0.3) is 5.56 Å². The minimum atomic E-state index is -1.14. The van der Waals surface area contributed by atoms with Crippen molar-refractivity contribution < 1.29 is 9.90 Å². The number of H-pyrrole nitrogens is 2. The minimum Gasteiger partial charge on any atom is -0.478 e. The van der Waals surface area contributed by atoms with E-state index in [1.54, 1.807) is 6.07 Å². The highest BCUT2D eigenvalue weighted by Crippen LogP contribution is 2.12. The van der Waals surface area contributed by atoms with E-state index in [9.17, 15) is 14.4 Å². The molecule has 4 aromatic rings. The molecule has 0 fully saturated rings. The van der Waals surface area contributed by atoms with Crippen LogP contribution in [0.25, 0.3) is 27.8 Å². The summed E-state index contributed by atoms with van der Waals surface area (Å²) in [5.74, 6) is -1.14. The van der Waals surface area contributed by atoms with E-state index in [2.05, 4.69) is 19.9 Å².